The molecule has 0 amide bonds. The number of rotatable bonds is 2. The van der Waals surface area contributed by atoms with Crippen molar-refractivity contribution >= 4 is 0 Å². The molecule has 0 atom stereocenters. The number of aryl methyl sites for hydroxylation is 2. The van der Waals surface area contributed by atoms with Gasteiger partial charge in [0.25, 0.3) is 0 Å². The zero-order chi connectivity index (χ0) is 14.5. The summed E-state index contributed by atoms with van der Waals surface area (Å²) in [6.07, 6.45) is -4.67. The van der Waals surface area contributed by atoms with Gasteiger partial charge in [-0.05, 0) is 31.4 Å². The number of pyridine rings is 1. The molecule has 104 valence electrons. The molecule has 18 heavy (non-hydrogen) atoms. The Morgan fingerprint density at radius 2 is 1.61 bits per heavy atom. The summed E-state index contributed by atoms with van der Waals surface area (Å²) in [7, 11) is 0. The molecule has 1 aromatic heterocycles. The normalized spacial score (nSPS) is 11.0. The lowest BCUT2D eigenvalue weighted by molar-refractivity contribution is -0.275. The zero-order valence-electron chi connectivity index (χ0n) is 11.6. The van der Waals surface area contributed by atoms with Gasteiger partial charge in [-0.3, -0.25) is 4.98 Å². The van der Waals surface area contributed by atoms with Gasteiger partial charge in [-0.1, -0.05) is 27.7 Å². The topological polar surface area (TPSA) is 22.1 Å². The van der Waals surface area contributed by atoms with Gasteiger partial charge in [-0.15, -0.1) is 13.2 Å². The van der Waals surface area contributed by atoms with Crippen LogP contribution in [0.3, 0.4) is 0 Å². The SMILES string of the molecule is CC.Cc1nc(C)c(C(C)C)cc1OC(F)(F)F. The number of nitrogens with zero attached hydrogens (tertiary/aromatic N) is 1. The molecule has 0 radical (unpaired) electrons. The van der Waals surface area contributed by atoms with Crippen LogP contribution in [0.25, 0.3) is 0 Å². The average Bonchev–Trinajstić information content (AvgIpc) is 2.23. The summed E-state index contributed by atoms with van der Waals surface area (Å²) in [5.74, 6) is -0.106. The predicted octanol–water partition coefficient (Wildman–Crippen LogP) is 4.75. The second kappa shape index (κ2) is 6.61. The molecular formula is C13H20F3NO. The van der Waals surface area contributed by atoms with E-state index in [-0.39, 0.29) is 17.4 Å². The fraction of sp³-hybridized carbons (Fsp3) is 0.615. The van der Waals surface area contributed by atoms with E-state index in [1.807, 2.05) is 27.7 Å². The van der Waals surface area contributed by atoms with Crippen LogP contribution in [0, 0.1) is 13.8 Å². The predicted molar refractivity (Wildman–Crippen MR) is 65.8 cm³/mol. The molecule has 0 N–H and O–H groups in total. The van der Waals surface area contributed by atoms with Crippen LogP contribution in [0.1, 0.15) is 50.6 Å². The molecule has 0 bridgehead atoms. The summed E-state index contributed by atoms with van der Waals surface area (Å²) in [6.45, 7) is 11.1. The zero-order valence-corrected chi connectivity index (χ0v) is 11.6. The molecule has 0 spiro atoms. The second-order valence-electron chi connectivity index (χ2n) is 3.95. The Morgan fingerprint density at radius 3 is 2.00 bits per heavy atom. The highest BCUT2D eigenvalue weighted by Crippen LogP contribution is 2.29. The van der Waals surface area contributed by atoms with Crippen LogP contribution in [0.5, 0.6) is 5.75 Å². The summed E-state index contributed by atoms with van der Waals surface area (Å²) >= 11 is 0. The van der Waals surface area contributed by atoms with Crippen LogP contribution in [0.15, 0.2) is 6.07 Å². The maximum absolute atomic E-state index is 12.1. The minimum atomic E-state index is -4.67. The van der Waals surface area contributed by atoms with Gasteiger partial charge in [0.2, 0.25) is 0 Å². The molecule has 1 aromatic rings. The maximum atomic E-state index is 12.1. The Labute approximate surface area is 106 Å². The number of alkyl halides is 3. The molecule has 2 nitrogen and oxygen atoms in total. The molecule has 0 unspecified atom stereocenters. The second-order valence-corrected chi connectivity index (χ2v) is 3.95. The van der Waals surface area contributed by atoms with Crippen molar-refractivity contribution in [2.24, 2.45) is 0 Å². The number of hydrogen-bond donors (Lipinski definition) is 0. The van der Waals surface area contributed by atoms with E-state index in [0.29, 0.717) is 0 Å². The van der Waals surface area contributed by atoms with E-state index in [9.17, 15) is 13.2 Å². The van der Waals surface area contributed by atoms with E-state index >= 15 is 0 Å². The number of ether oxygens (including phenoxy) is 1. The van der Waals surface area contributed by atoms with Crippen molar-refractivity contribution in [2.45, 2.75) is 53.8 Å². The molecule has 5 heteroatoms. The largest absolute Gasteiger partial charge is 0.573 e. The third-order valence-electron chi connectivity index (χ3n) is 2.24. The average molecular weight is 263 g/mol. The lowest BCUT2D eigenvalue weighted by atomic mass is 10.0. The third-order valence-corrected chi connectivity index (χ3v) is 2.24. The molecule has 0 fully saturated rings. The van der Waals surface area contributed by atoms with Crippen LogP contribution < -0.4 is 4.74 Å². The van der Waals surface area contributed by atoms with E-state index in [1.54, 1.807) is 6.92 Å². The van der Waals surface area contributed by atoms with Crippen molar-refractivity contribution in [2.75, 3.05) is 0 Å². The summed E-state index contributed by atoms with van der Waals surface area (Å²) in [5.41, 5.74) is 1.76. The lowest BCUT2D eigenvalue weighted by Crippen LogP contribution is -2.18. The van der Waals surface area contributed by atoms with Gasteiger partial charge in [0.05, 0.1) is 5.69 Å². The van der Waals surface area contributed by atoms with Gasteiger partial charge in [-0.2, -0.15) is 0 Å². The first-order valence-electron chi connectivity index (χ1n) is 5.94. The van der Waals surface area contributed by atoms with Crippen molar-refractivity contribution in [1.29, 1.82) is 0 Å². The van der Waals surface area contributed by atoms with E-state index < -0.39 is 6.36 Å². The Morgan fingerprint density at radius 1 is 1.11 bits per heavy atom. The Bertz CT molecular complexity index is 387. The smallest absolute Gasteiger partial charge is 0.404 e. The molecule has 0 aliphatic rings. The van der Waals surface area contributed by atoms with Crippen molar-refractivity contribution in [3.63, 3.8) is 0 Å². The quantitative estimate of drug-likeness (QED) is 0.768. The van der Waals surface area contributed by atoms with Gasteiger partial charge >= 0.3 is 6.36 Å². The van der Waals surface area contributed by atoms with E-state index in [4.69, 9.17) is 0 Å². The van der Waals surface area contributed by atoms with Crippen molar-refractivity contribution in [3.8, 4) is 5.75 Å². The molecule has 0 saturated heterocycles. The van der Waals surface area contributed by atoms with E-state index in [1.165, 1.54) is 13.0 Å². The monoisotopic (exact) mass is 263 g/mol. The van der Waals surface area contributed by atoms with Gasteiger partial charge in [-0.25, -0.2) is 0 Å². The highest BCUT2D eigenvalue weighted by Gasteiger charge is 2.32. The van der Waals surface area contributed by atoms with Crippen molar-refractivity contribution in [1.82, 2.24) is 4.98 Å². The van der Waals surface area contributed by atoms with Crippen molar-refractivity contribution < 1.29 is 17.9 Å². The van der Waals surface area contributed by atoms with E-state index in [2.05, 4.69) is 9.72 Å². The number of aromatic nitrogens is 1. The van der Waals surface area contributed by atoms with Crippen LogP contribution in [0.2, 0.25) is 0 Å². The maximum Gasteiger partial charge on any atom is 0.573 e. The minimum absolute atomic E-state index is 0.115. The first-order chi connectivity index (χ1) is 8.20. The number of hydrogen-bond acceptors (Lipinski definition) is 2. The Balaban J connectivity index is 0.00000137. The van der Waals surface area contributed by atoms with Gasteiger partial charge in [0, 0.05) is 5.69 Å². The summed E-state index contributed by atoms with van der Waals surface area (Å²) < 4.78 is 40.2. The minimum Gasteiger partial charge on any atom is -0.404 e. The standard InChI is InChI=1S/C11H14F3NO.C2H6/c1-6(2)9-5-10(16-11(12,13)14)8(4)15-7(9)3;1-2/h5-6H,1-4H3;1-2H3. The molecule has 0 aromatic carbocycles. The molecule has 0 saturated carbocycles. The molecule has 0 aliphatic carbocycles. The molecule has 1 heterocycles. The van der Waals surface area contributed by atoms with Gasteiger partial charge in [0.15, 0.2) is 5.75 Å². The van der Waals surface area contributed by atoms with Crippen LogP contribution >= 0.6 is 0 Å². The Hall–Kier alpha value is -1.26. The highest BCUT2D eigenvalue weighted by molar-refractivity contribution is 5.36. The van der Waals surface area contributed by atoms with Crippen LogP contribution in [-0.4, -0.2) is 11.3 Å². The van der Waals surface area contributed by atoms with Crippen LogP contribution in [0.4, 0.5) is 13.2 Å². The molecular weight excluding hydrogens is 243 g/mol. The summed E-state index contributed by atoms with van der Waals surface area (Å²) in [4.78, 5) is 4.05. The van der Waals surface area contributed by atoms with Crippen LogP contribution in [-0.2, 0) is 0 Å². The molecule has 1 rings (SSSR count). The molecule has 0 aliphatic heterocycles. The van der Waals surface area contributed by atoms with E-state index in [0.717, 1.165) is 11.3 Å². The summed E-state index contributed by atoms with van der Waals surface area (Å²) in [5, 5.41) is 0. The first kappa shape index (κ1) is 16.7. The van der Waals surface area contributed by atoms with Gasteiger partial charge in [0.1, 0.15) is 0 Å². The lowest BCUT2D eigenvalue weighted by Gasteiger charge is -2.15. The first-order valence-corrected chi connectivity index (χ1v) is 5.94. The number of halogens is 3. The third kappa shape index (κ3) is 4.94. The van der Waals surface area contributed by atoms with Gasteiger partial charge < -0.3 is 4.74 Å². The van der Waals surface area contributed by atoms with Crippen molar-refractivity contribution in [3.05, 3.63) is 23.0 Å². The highest BCUT2D eigenvalue weighted by atomic mass is 19.4. The fourth-order valence-corrected chi connectivity index (χ4v) is 1.53. The Kier molecular flexibility index (Phi) is 6.15. The fourth-order valence-electron chi connectivity index (χ4n) is 1.53. The summed E-state index contributed by atoms with van der Waals surface area (Å²) in [6, 6.07) is 1.41.